The van der Waals surface area contributed by atoms with Crippen molar-refractivity contribution in [2.75, 3.05) is 12.3 Å². The number of nitrogens with two attached hydrogens (primary N) is 1. The third kappa shape index (κ3) is 2.82. The number of hydrogen-bond acceptors (Lipinski definition) is 3. The van der Waals surface area contributed by atoms with E-state index in [1.54, 1.807) is 6.07 Å². The highest BCUT2D eigenvalue weighted by Gasteiger charge is 2.23. The number of aliphatic hydroxyl groups is 1. The molecule has 1 aromatic carbocycles. The zero-order valence-corrected chi connectivity index (χ0v) is 10.6. The molecule has 1 fully saturated rings. The lowest BCUT2D eigenvalue weighted by Gasteiger charge is -2.13. The maximum atomic E-state index is 12.1. The van der Waals surface area contributed by atoms with Crippen LogP contribution in [0.4, 0.5) is 5.69 Å². The summed E-state index contributed by atoms with van der Waals surface area (Å²) in [6, 6.07) is 5.46. The van der Waals surface area contributed by atoms with Crippen molar-refractivity contribution in [1.29, 1.82) is 0 Å². The normalized spacial score (nSPS) is 23.0. The van der Waals surface area contributed by atoms with E-state index >= 15 is 0 Å². The highest BCUT2D eigenvalue weighted by atomic mass is 16.3. The fourth-order valence-electron chi connectivity index (χ4n) is 2.56. The summed E-state index contributed by atoms with van der Waals surface area (Å²) in [5.74, 6) is 0.265. The van der Waals surface area contributed by atoms with Crippen molar-refractivity contribution in [2.24, 2.45) is 5.92 Å². The zero-order chi connectivity index (χ0) is 13.1. The van der Waals surface area contributed by atoms with Gasteiger partial charge in [0.05, 0.1) is 11.7 Å². The molecular formula is C14H20N2O2. The highest BCUT2D eigenvalue weighted by Crippen LogP contribution is 2.25. The SMILES string of the molecule is Cc1cccc(N)c1C(=O)NCC1CCC(O)C1. The summed E-state index contributed by atoms with van der Waals surface area (Å²) in [7, 11) is 0. The minimum Gasteiger partial charge on any atom is -0.398 e. The van der Waals surface area contributed by atoms with Crippen LogP contribution in [0.2, 0.25) is 0 Å². The van der Waals surface area contributed by atoms with Gasteiger partial charge in [0.15, 0.2) is 0 Å². The number of carbonyl (C=O) groups is 1. The maximum Gasteiger partial charge on any atom is 0.253 e. The quantitative estimate of drug-likeness (QED) is 0.709. The van der Waals surface area contributed by atoms with Crippen LogP contribution in [0, 0.1) is 12.8 Å². The molecule has 4 heteroatoms. The number of carbonyl (C=O) groups excluding carboxylic acids is 1. The Morgan fingerprint density at radius 1 is 1.50 bits per heavy atom. The Kier molecular flexibility index (Phi) is 3.87. The molecule has 2 rings (SSSR count). The first kappa shape index (κ1) is 12.9. The lowest BCUT2D eigenvalue weighted by molar-refractivity contribution is 0.0945. The van der Waals surface area contributed by atoms with Crippen molar-refractivity contribution < 1.29 is 9.90 Å². The summed E-state index contributed by atoms with van der Waals surface area (Å²) in [6.45, 7) is 2.49. The monoisotopic (exact) mass is 248 g/mol. The Morgan fingerprint density at radius 3 is 2.89 bits per heavy atom. The highest BCUT2D eigenvalue weighted by molar-refractivity contribution is 6.00. The number of rotatable bonds is 3. The Bertz CT molecular complexity index is 425. The van der Waals surface area contributed by atoms with Gasteiger partial charge in [0.1, 0.15) is 0 Å². The van der Waals surface area contributed by atoms with E-state index in [1.807, 2.05) is 19.1 Å². The largest absolute Gasteiger partial charge is 0.398 e. The number of amides is 1. The number of hydrogen-bond donors (Lipinski definition) is 3. The van der Waals surface area contributed by atoms with Crippen molar-refractivity contribution in [1.82, 2.24) is 5.32 Å². The van der Waals surface area contributed by atoms with Gasteiger partial charge in [0, 0.05) is 12.2 Å². The first-order valence-corrected chi connectivity index (χ1v) is 6.39. The molecule has 1 amide bonds. The number of nitrogen functional groups attached to an aromatic ring is 1. The van der Waals surface area contributed by atoms with E-state index in [-0.39, 0.29) is 12.0 Å². The minimum atomic E-state index is -0.199. The minimum absolute atomic E-state index is 0.119. The van der Waals surface area contributed by atoms with E-state index in [0.717, 1.165) is 24.8 Å². The Balaban J connectivity index is 1.96. The van der Waals surface area contributed by atoms with Crippen LogP contribution in [0.3, 0.4) is 0 Å². The Morgan fingerprint density at radius 2 is 2.28 bits per heavy atom. The second kappa shape index (κ2) is 5.40. The summed E-state index contributed by atoms with van der Waals surface area (Å²) in [5.41, 5.74) is 7.79. The van der Waals surface area contributed by atoms with E-state index in [2.05, 4.69) is 5.32 Å². The lowest BCUT2D eigenvalue weighted by atomic mass is 10.0. The van der Waals surface area contributed by atoms with E-state index in [9.17, 15) is 9.90 Å². The predicted molar refractivity (Wildman–Crippen MR) is 71.3 cm³/mol. The number of nitrogens with one attached hydrogen (secondary N) is 1. The van der Waals surface area contributed by atoms with Crippen molar-refractivity contribution in [3.8, 4) is 0 Å². The fraction of sp³-hybridized carbons (Fsp3) is 0.500. The van der Waals surface area contributed by atoms with Gasteiger partial charge in [-0.2, -0.15) is 0 Å². The van der Waals surface area contributed by atoms with Crippen molar-refractivity contribution in [2.45, 2.75) is 32.3 Å². The second-order valence-electron chi connectivity index (χ2n) is 5.08. The summed E-state index contributed by atoms with van der Waals surface area (Å²) in [5, 5.41) is 12.4. The molecular weight excluding hydrogens is 228 g/mol. The van der Waals surface area contributed by atoms with Crippen molar-refractivity contribution in [3.63, 3.8) is 0 Å². The molecule has 1 aliphatic rings. The van der Waals surface area contributed by atoms with Crippen LogP contribution in [0.5, 0.6) is 0 Å². The molecule has 0 bridgehead atoms. The van der Waals surface area contributed by atoms with Gasteiger partial charge in [-0.1, -0.05) is 12.1 Å². The number of anilines is 1. The van der Waals surface area contributed by atoms with Gasteiger partial charge >= 0.3 is 0 Å². The third-order valence-corrected chi connectivity index (χ3v) is 3.60. The molecule has 4 N–H and O–H groups in total. The lowest BCUT2D eigenvalue weighted by Crippen LogP contribution is -2.29. The topological polar surface area (TPSA) is 75.4 Å². The summed E-state index contributed by atoms with van der Waals surface area (Å²) in [4.78, 5) is 12.1. The number of aliphatic hydroxyl groups excluding tert-OH is 1. The first-order valence-electron chi connectivity index (χ1n) is 6.39. The van der Waals surface area contributed by atoms with Gasteiger partial charge in [0.25, 0.3) is 5.91 Å². The van der Waals surface area contributed by atoms with Gasteiger partial charge in [0.2, 0.25) is 0 Å². The third-order valence-electron chi connectivity index (χ3n) is 3.60. The molecule has 1 aliphatic carbocycles. The average molecular weight is 248 g/mol. The molecule has 0 heterocycles. The van der Waals surface area contributed by atoms with E-state index in [1.165, 1.54) is 0 Å². The van der Waals surface area contributed by atoms with Crippen LogP contribution >= 0.6 is 0 Å². The van der Waals surface area contributed by atoms with Gasteiger partial charge in [-0.3, -0.25) is 4.79 Å². The van der Waals surface area contributed by atoms with Gasteiger partial charge < -0.3 is 16.2 Å². The molecule has 1 aromatic rings. The Labute approximate surface area is 107 Å². The van der Waals surface area contributed by atoms with Crippen LogP contribution in [-0.2, 0) is 0 Å². The maximum absolute atomic E-state index is 12.1. The van der Waals surface area contributed by atoms with E-state index < -0.39 is 0 Å². The van der Waals surface area contributed by atoms with E-state index in [4.69, 9.17) is 5.73 Å². The predicted octanol–water partition coefficient (Wildman–Crippen LogP) is 1.47. The molecule has 2 unspecified atom stereocenters. The smallest absolute Gasteiger partial charge is 0.253 e. The molecule has 0 spiro atoms. The van der Waals surface area contributed by atoms with Crippen LogP contribution in [0.1, 0.15) is 35.2 Å². The van der Waals surface area contributed by atoms with E-state index in [0.29, 0.717) is 23.7 Å². The Hall–Kier alpha value is -1.55. The van der Waals surface area contributed by atoms with Gasteiger partial charge in [-0.15, -0.1) is 0 Å². The molecule has 2 atom stereocenters. The molecule has 98 valence electrons. The van der Waals surface area contributed by atoms with Crippen molar-refractivity contribution >= 4 is 11.6 Å². The molecule has 0 aromatic heterocycles. The molecule has 18 heavy (non-hydrogen) atoms. The summed E-state index contributed by atoms with van der Waals surface area (Å²) in [6.07, 6.45) is 2.40. The standard InChI is InChI=1S/C14H20N2O2/c1-9-3-2-4-12(15)13(9)14(18)16-8-10-5-6-11(17)7-10/h2-4,10-11,17H,5-8,15H2,1H3,(H,16,18). The fourth-order valence-corrected chi connectivity index (χ4v) is 2.56. The van der Waals surface area contributed by atoms with Gasteiger partial charge in [-0.25, -0.2) is 0 Å². The molecule has 0 radical (unpaired) electrons. The molecule has 0 saturated heterocycles. The first-order chi connectivity index (χ1) is 8.58. The zero-order valence-electron chi connectivity index (χ0n) is 10.6. The second-order valence-corrected chi connectivity index (χ2v) is 5.08. The van der Waals surface area contributed by atoms with Crippen LogP contribution in [0.15, 0.2) is 18.2 Å². The summed E-state index contributed by atoms with van der Waals surface area (Å²) < 4.78 is 0. The van der Waals surface area contributed by atoms with Crippen LogP contribution in [-0.4, -0.2) is 23.7 Å². The van der Waals surface area contributed by atoms with Crippen LogP contribution in [0.25, 0.3) is 0 Å². The number of benzene rings is 1. The molecule has 1 saturated carbocycles. The van der Waals surface area contributed by atoms with Crippen molar-refractivity contribution in [3.05, 3.63) is 29.3 Å². The summed E-state index contributed by atoms with van der Waals surface area (Å²) >= 11 is 0. The molecule has 0 aliphatic heterocycles. The average Bonchev–Trinajstić information content (AvgIpc) is 2.72. The van der Waals surface area contributed by atoms with Gasteiger partial charge in [-0.05, 0) is 43.7 Å². The van der Waals surface area contributed by atoms with Crippen LogP contribution < -0.4 is 11.1 Å². The number of aryl methyl sites for hydroxylation is 1. The molecule has 4 nitrogen and oxygen atoms in total.